The molecule has 2 aromatic rings. The topological polar surface area (TPSA) is 80.2 Å². The summed E-state index contributed by atoms with van der Waals surface area (Å²) in [5, 5.41) is 2.87. The van der Waals surface area contributed by atoms with Crippen LogP contribution in [0.25, 0.3) is 0 Å². The zero-order valence-electron chi connectivity index (χ0n) is 14.4. The molecule has 0 unspecified atom stereocenters. The van der Waals surface area contributed by atoms with Gasteiger partial charge in [-0.3, -0.25) is 4.79 Å². The Bertz CT molecular complexity index is 699. The SMILES string of the molecule is CCCOc1ccc(CNC(=O)c2ccnc(N3CCCC3)n2)cn1. The molecular weight excluding hydrogens is 318 g/mol. The van der Waals surface area contributed by atoms with Crippen molar-refractivity contribution < 1.29 is 9.53 Å². The highest BCUT2D eigenvalue weighted by atomic mass is 16.5. The minimum absolute atomic E-state index is 0.214. The van der Waals surface area contributed by atoms with Crippen LogP contribution in [0.2, 0.25) is 0 Å². The zero-order valence-corrected chi connectivity index (χ0v) is 14.4. The summed E-state index contributed by atoms with van der Waals surface area (Å²) in [6, 6.07) is 5.34. The molecule has 0 aromatic carbocycles. The Hall–Kier alpha value is -2.70. The summed E-state index contributed by atoms with van der Waals surface area (Å²) in [4.78, 5) is 27.3. The van der Waals surface area contributed by atoms with Crippen molar-refractivity contribution in [3.05, 3.63) is 41.9 Å². The van der Waals surface area contributed by atoms with E-state index in [0.29, 0.717) is 30.7 Å². The Morgan fingerprint density at radius 2 is 2.08 bits per heavy atom. The predicted molar refractivity (Wildman–Crippen MR) is 94.7 cm³/mol. The summed E-state index contributed by atoms with van der Waals surface area (Å²) in [7, 11) is 0. The normalized spacial score (nSPS) is 13.7. The fourth-order valence-electron chi connectivity index (χ4n) is 2.62. The number of carbonyl (C=O) groups is 1. The van der Waals surface area contributed by atoms with Gasteiger partial charge in [0.25, 0.3) is 5.91 Å². The lowest BCUT2D eigenvalue weighted by molar-refractivity contribution is 0.0946. The summed E-state index contributed by atoms with van der Waals surface area (Å²) in [5.74, 6) is 1.02. The number of aromatic nitrogens is 3. The number of nitrogens with one attached hydrogen (secondary N) is 1. The Morgan fingerprint density at radius 3 is 2.80 bits per heavy atom. The molecule has 1 amide bonds. The third-order valence-corrected chi connectivity index (χ3v) is 3.97. The van der Waals surface area contributed by atoms with E-state index in [1.54, 1.807) is 18.5 Å². The van der Waals surface area contributed by atoms with Crippen LogP contribution in [0.3, 0.4) is 0 Å². The maximum absolute atomic E-state index is 12.3. The first kappa shape index (κ1) is 17.1. The number of rotatable bonds is 7. The van der Waals surface area contributed by atoms with Crippen LogP contribution in [0.15, 0.2) is 30.6 Å². The number of pyridine rings is 1. The third-order valence-electron chi connectivity index (χ3n) is 3.97. The lowest BCUT2D eigenvalue weighted by Crippen LogP contribution is -2.26. The molecule has 0 saturated carbocycles. The molecule has 7 nitrogen and oxygen atoms in total. The van der Waals surface area contributed by atoms with Gasteiger partial charge in [-0.15, -0.1) is 0 Å². The molecule has 3 rings (SSSR count). The first-order valence-electron chi connectivity index (χ1n) is 8.70. The molecule has 25 heavy (non-hydrogen) atoms. The standard InChI is InChI=1S/C18H23N5O2/c1-2-11-25-16-6-5-14(12-20-16)13-21-17(24)15-7-8-19-18(22-15)23-9-3-4-10-23/h5-8,12H,2-4,9-11,13H2,1H3,(H,21,24). The number of anilines is 1. The number of amides is 1. The molecule has 7 heteroatoms. The number of ether oxygens (including phenoxy) is 1. The average Bonchev–Trinajstić information content (AvgIpc) is 3.20. The molecule has 1 saturated heterocycles. The second-order valence-corrected chi connectivity index (χ2v) is 5.97. The van der Waals surface area contributed by atoms with Crippen LogP contribution in [0.5, 0.6) is 5.88 Å². The summed E-state index contributed by atoms with van der Waals surface area (Å²) < 4.78 is 5.45. The molecule has 1 aliphatic rings. The van der Waals surface area contributed by atoms with E-state index < -0.39 is 0 Å². The molecule has 1 N–H and O–H groups in total. The maximum atomic E-state index is 12.3. The quantitative estimate of drug-likeness (QED) is 0.831. The van der Waals surface area contributed by atoms with Gasteiger partial charge in [-0.2, -0.15) is 0 Å². The molecule has 0 aliphatic carbocycles. The van der Waals surface area contributed by atoms with E-state index in [1.165, 1.54) is 0 Å². The third kappa shape index (κ3) is 4.65. The lowest BCUT2D eigenvalue weighted by Gasteiger charge is -2.15. The van der Waals surface area contributed by atoms with Gasteiger partial charge in [-0.1, -0.05) is 13.0 Å². The molecular formula is C18H23N5O2. The van der Waals surface area contributed by atoms with Crippen molar-refractivity contribution in [3.8, 4) is 5.88 Å². The smallest absolute Gasteiger partial charge is 0.270 e. The van der Waals surface area contributed by atoms with Crippen LogP contribution >= 0.6 is 0 Å². The van der Waals surface area contributed by atoms with Crippen LogP contribution in [0.1, 0.15) is 42.2 Å². The molecule has 1 aliphatic heterocycles. The molecule has 0 bridgehead atoms. The van der Waals surface area contributed by atoms with Gasteiger partial charge in [-0.05, 0) is 30.9 Å². The van der Waals surface area contributed by atoms with Crippen LogP contribution in [0.4, 0.5) is 5.95 Å². The minimum Gasteiger partial charge on any atom is -0.478 e. The van der Waals surface area contributed by atoms with E-state index in [2.05, 4.69) is 25.2 Å². The Kier molecular flexibility index (Phi) is 5.77. The van der Waals surface area contributed by atoms with Crippen LogP contribution < -0.4 is 15.0 Å². The Morgan fingerprint density at radius 1 is 1.24 bits per heavy atom. The van der Waals surface area contributed by atoms with E-state index in [9.17, 15) is 4.79 Å². The first-order valence-corrected chi connectivity index (χ1v) is 8.70. The van der Waals surface area contributed by atoms with Crippen LogP contribution in [-0.2, 0) is 6.54 Å². The van der Waals surface area contributed by atoms with E-state index in [1.807, 2.05) is 19.1 Å². The van der Waals surface area contributed by atoms with E-state index in [0.717, 1.165) is 37.9 Å². The number of carbonyl (C=O) groups excluding carboxylic acids is 1. The largest absolute Gasteiger partial charge is 0.478 e. The zero-order chi connectivity index (χ0) is 17.5. The second kappa shape index (κ2) is 8.41. The lowest BCUT2D eigenvalue weighted by atomic mass is 10.2. The van der Waals surface area contributed by atoms with E-state index >= 15 is 0 Å². The number of hydrogen-bond donors (Lipinski definition) is 1. The monoisotopic (exact) mass is 341 g/mol. The fourth-order valence-corrected chi connectivity index (χ4v) is 2.62. The van der Waals surface area contributed by atoms with Gasteiger partial charge >= 0.3 is 0 Å². The Labute approximate surface area is 147 Å². The summed E-state index contributed by atoms with van der Waals surface area (Å²) >= 11 is 0. The molecule has 1 fully saturated rings. The highest BCUT2D eigenvalue weighted by molar-refractivity contribution is 5.92. The summed E-state index contributed by atoms with van der Waals surface area (Å²) in [6.07, 6.45) is 6.57. The Balaban J connectivity index is 1.56. The van der Waals surface area contributed by atoms with Gasteiger partial charge in [-0.25, -0.2) is 15.0 Å². The van der Waals surface area contributed by atoms with Crippen LogP contribution in [-0.4, -0.2) is 40.6 Å². The molecule has 2 aromatic heterocycles. The molecule has 132 valence electrons. The van der Waals surface area contributed by atoms with Crippen molar-refractivity contribution >= 4 is 11.9 Å². The number of hydrogen-bond acceptors (Lipinski definition) is 6. The van der Waals surface area contributed by atoms with Gasteiger partial charge in [0.05, 0.1) is 6.61 Å². The van der Waals surface area contributed by atoms with Crippen molar-refractivity contribution in [1.29, 1.82) is 0 Å². The second-order valence-electron chi connectivity index (χ2n) is 5.97. The van der Waals surface area contributed by atoms with E-state index in [4.69, 9.17) is 4.74 Å². The minimum atomic E-state index is -0.214. The van der Waals surface area contributed by atoms with Gasteiger partial charge < -0.3 is 15.0 Å². The van der Waals surface area contributed by atoms with Crippen molar-refractivity contribution in [2.75, 3.05) is 24.6 Å². The molecule has 0 spiro atoms. The van der Waals surface area contributed by atoms with Crippen molar-refractivity contribution in [2.24, 2.45) is 0 Å². The van der Waals surface area contributed by atoms with Crippen molar-refractivity contribution in [2.45, 2.75) is 32.7 Å². The van der Waals surface area contributed by atoms with Gasteiger partial charge in [0, 0.05) is 38.1 Å². The number of nitrogens with zero attached hydrogens (tertiary/aromatic N) is 4. The van der Waals surface area contributed by atoms with E-state index in [-0.39, 0.29) is 5.91 Å². The van der Waals surface area contributed by atoms with Gasteiger partial charge in [0.15, 0.2) is 0 Å². The molecule has 3 heterocycles. The molecule has 0 radical (unpaired) electrons. The summed E-state index contributed by atoms with van der Waals surface area (Å²) in [5.41, 5.74) is 1.29. The van der Waals surface area contributed by atoms with Gasteiger partial charge in [0.2, 0.25) is 11.8 Å². The highest BCUT2D eigenvalue weighted by Crippen LogP contribution is 2.15. The van der Waals surface area contributed by atoms with Gasteiger partial charge in [0.1, 0.15) is 5.69 Å². The fraction of sp³-hybridized carbons (Fsp3) is 0.444. The summed E-state index contributed by atoms with van der Waals surface area (Å²) in [6.45, 7) is 4.98. The predicted octanol–water partition coefficient (Wildman–Crippen LogP) is 2.19. The maximum Gasteiger partial charge on any atom is 0.270 e. The highest BCUT2D eigenvalue weighted by Gasteiger charge is 2.16. The van der Waals surface area contributed by atoms with Crippen LogP contribution in [0, 0.1) is 0 Å². The average molecular weight is 341 g/mol. The molecule has 0 atom stereocenters. The first-order chi connectivity index (χ1) is 12.3. The van der Waals surface area contributed by atoms with Crippen molar-refractivity contribution in [1.82, 2.24) is 20.3 Å². The van der Waals surface area contributed by atoms with Crippen molar-refractivity contribution in [3.63, 3.8) is 0 Å².